The van der Waals surface area contributed by atoms with Gasteiger partial charge in [0.2, 0.25) is 0 Å². The third-order valence-electron chi connectivity index (χ3n) is 4.37. The highest BCUT2D eigenvalue weighted by molar-refractivity contribution is 7.57. The lowest BCUT2D eigenvalue weighted by atomic mass is 10.1. The molecule has 6 heteroatoms. The van der Waals surface area contributed by atoms with Crippen LogP contribution in [-0.2, 0) is 0 Å². The third kappa shape index (κ3) is 12.4. The summed E-state index contributed by atoms with van der Waals surface area (Å²) in [4.78, 5) is 20.6. The Morgan fingerprint density at radius 1 is 0.654 bits per heavy atom. The second-order valence-corrected chi connectivity index (χ2v) is 13.0. The van der Waals surface area contributed by atoms with Crippen LogP contribution in [0.1, 0.15) is 62.3 Å². The van der Waals surface area contributed by atoms with E-state index in [4.69, 9.17) is 0 Å². The highest BCUT2D eigenvalue weighted by atomic mass is 31.1. The van der Waals surface area contributed by atoms with E-state index < -0.39 is 11.9 Å². The first kappa shape index (κ1) is 27.2. The van der Waals surface area contributed by atoms with Crippen LogP contribution < -0.4 is 10.2 Å². The number of carboxylic acid groups (broad SMARTS) is 2. The summed E-state index contributed by atoms with van der Waals surface area (Å²) in [7, 11) is 0.275. The molecule has 0 radical (unpaired) electrons. The quantitative estimate of drug-likeness (QED) is 0.626. The molecule has 0 aliphatic carbocycles. The average molecular weight is 402 g/mol. The lowest BCUT2D eigenvalue weighted by Crippen LogP contribution is -2.29. The van der Waals surface area contributed by atoms with Gasteiger partial charge in [-0.15, -0.1) is 0 Å². The predicted molar refractivity (Wildman–Crippen MR) is 115 cm³/mol. The first-order valence-corrected chi connectivity index (χ1v) is 13.8. The van der Waals surface area contributed by atoms with Gasteiger partial charge < -0.3 is 19.8 Å². The zero-order valence-corrected chi connectivity index (χ0v) is 19.2. The van der Waals surface area contributed by atoms with E-state index >= 15 is 0 Å². The molecule has 1 rings (SSSR count). The summed E-state index contributed by atoms with van der Waals surface area (Å²) in [6.07, 6.45) is 8.74. The average Bonchev–Trinajstić information content (AvgIpc) is 2.65. The van der Waals surface area contributed by atoms with E-state index in [-0.39, 0.29) is 27.0 Å². The maximum atomic E-state index is 10.3. The molecule has 0 aliphatic heterocycles. The molecule has 0 heterocycles. The third-order valence-corrected chi connectivity index (χ3v) is 10.4. The monoisotopic (exact) mass is 402 g/mol. The van der Waals surface area contributed by atoms with Gasteiger partial charge in [-0.1, -0.05) is 24.3 Å². The van der Waals surface area contributed by atoms with Crippen molar-refractivity contribution in [3.63, 3.8) is 0 Å². The van der Waals surface area contributed by atoms with Crippen molar-refractivity contribution in [1.29, 1.82) is 0 Å². The molecule has 0 saturated carbocycles. The van der Waals surface area contributed by atoms with Crippen LogP contribution in [0.25, 0.3) is 0 Å². The van der Waals surface area contributed by atoms with Crippen molar-refractivity contribution in [2.24, 2.45) is 0 Å². The van der Waals surface area contributed by atoms with Gasteiger partial charge in [-0.2, -0.15) is 0 Å². The summed E-state index contributed by atoms with van der Waals surface area (Å²) in [6, 6.07) is 5.14. The Bertz CT molecular complexity index is 442. The fourth-order valence-corrected chi connectivity index (χ4v) is 5.34. The van der Waals surface area contributed by atoms with Crippen LogP contribution in [0.2, 0.25) is 0 Å². The molecule has 0 fully saturated rings. The first-order valence-electron chi connectivity index (χ1n) is 9.51. The maximum absolute atomic E-state index is 10.3. The molecule has 0 N–H and O–H groups in total. The van der Waals surface area contributed by atoms with E-state index in [1.165, 1.54) is 49.1 Å². The molecule has 0 unspecified atom stereocenters. The van der Waals surface area contributed by atoms with Crippen molar-refractivity contribution in [2.45, 2.75) is 41.5 Å². The van der Waals surface area contributed by atoms with Gasteiger partial charge in [0, 0.05) is 11.1 Å². The SMILES string of the molecule is CC[PH+](CC)CC.CC[PH+](CC)CC.O=C([O-])c1ccccc1C(=O)[O-]. The standard InChI is InChI=1S/C8H6O4.2C6H15P/c9-7(10)5-3-1-2-4-6(5)8(11)12;2*1-4-7(5-2)6-3/h1-4H,(H,9,10)(H,11,12);2*4-6H2,1-3H3. The van der Waals surface area contributed by atoms with Gasteiger partial charge >= 0.3 is 0 Å². The molecule has 1 aromatic rings. The molecule has 0 saturated heterocycles. The Balaban J connectivity index is 0. The summed E-state index contributed by atoms with van der Waals surface area (Å²) in [5.74, 6) is -3.04. The fourth-order valence-electron chi connectivity index (χ4n) is 2.34. The van der Waals surface area contributed by atoms with E-state index in [9.17, 15) is 19.8 Å². The van der Waals surface area contributed by atoms with Crippen LogP contribution in [-0.4, -0.2) is 48.9 Å². The molecule has 1 aromatic carbocycles. The lowest BCUT2D eigenvalue weighted by Gasteiger charge is -2.09. The summed E-state index contributed by atoms with van der Waals surface area (Å²) < 4.78 is 0. The molecule has 0 atom stereocenters. The maximum Gasteiger partial charge on any atom is 0.0721 e. The molecule has 0 aromatic heterocycles. The fraction of sp³-hybridized carbons (Fsp3) is 0.600. The summed E-state index contributed by atoms with van der Waals surface area (Å²) in [5.41, 5.74) is -0.727. The molecule has 150 valence electrons. The molecular formula is C20H36O4P2. The van der Waals surface area contributed by atoms with Gasteiger partial charge in [0.1, 0.15) is 0 Å². The number of carboxylic acids is 2. The molecule has 0 amide bonds. The van der Waals surface area contributed by atoms with Gasteiger partial charge in [0.25, 0.3) is 0 Å². The highest BCUT2D eigenvalue weighted by Crippen LogP contribution is 2.33. The molecule has 0 spiro atoms. The molecular weight excluding hydrogens is 366 g/mol. The van der Waals surface area contributed by atoms with Crippen molar-refractivity contribution in [1.82, 2.24) is 0 Å². The minimum atomic E-state index is -1.52. The second kappa shape index (κ2) is 17.4. The van der Waals surface area contributed by atoms with Crippen LogP contribution in [0.15, 0.2) is 24.3 Å². The van der Waals surface area contributed by atoms with Crippen molar-refractivity contribution in [3.8, 4) is 0 Å². The number of carbonyl (C=O) groups excluding carboxylic acids is 2. The number of hydrogen-bond donors (Lipinski definition) is 0. The van der Waals surface area contributed by atoms with E-state index in [1.807, 2.05) is 0 Å². The Hall–Kier alpha value is -0.980. The van der Waals surface area contributed by atoms with Gasteiger partial charge in [0.05, 0.1) is 48.9 Å². The first-order chi connectivity index (χ1) is 12.3. The summed E-state index contributed by atoms with van der Waals surface area (Å²) in [5, 5.41) is 20.6. The van der Waals surface area contributed by atoms with Crippen molar-refractivity contribution >= 4 is 27.8 Å². The van der Waals surface area contributed by atoms with Crippen LogP contribution in [0.4, 0.5) is 0 Å². The Labute approximate surface area is 161 Å². The number of rotatable bonds is 8. The van der Waals surface area contributed by atoms with E-state index in [2.05, 4.69) is 41.5 Å². The van der Waals surface area contributed by atoms with E-state index in [0.717, 1.165) is 12.1 Å². The normalized spacial score (nSPS) is 9.85. The lowest BCUT2D eigenvalue weighted by molar-refractivity contribution is -0.259. The van der Waals surface area contributed by atoms with Crippen LogP contribution in [0.5, 0.6) is 0 Å². The number of carbonyl (C=O) groups is 2. The smallest absolute Gasteiger partial charge is 0.0721 e. The van der Waals surface area contributed by atoms with E-state index in [0.29, 0.717) is 0 Å². The van der Waals surface area contributed by atoms with Gasteiger partial charge in [-0.05, 0) is 57.4 Å². The van der Waals surface area contributed by atoms with Crippen LogP contribution in [0.3, 0.4) is 0 Å². The van der Waals surface area contributed by atoms with Crippen molar-refractivity contribution in [3.05, 3.63) is 35.4 Å². The van der Waals surface area contributed by atoms with Crippen molar-refractivity contribution < 1.29 is 19.8 Å². The van der Waals surface area contributed by atoms with E-state index in [1.54, 1.807) is 0 Å². The summed E-state index contributed by atoms with van der Waals surface area (Å²) in [6.45, 7) is 13.8. The predicted octanol–water partition coefficient (Wildman–Crippen LogP) is 2.93. The zero-order chi connectivity index (χ0) is 20.5. The van der Waals surface area contributed by atoms with Crippen LogP contribution >= 0.6 is 15.8 Å². The number of hydrogen-bond acceptors (Lipinski definition) is 4. The van der Waals surface area contributed by atoms with Crippen LogP contribution in [0, 0.1) is 0 Å². The molecule has 0 aliphatic rings. The molecule has 26 heavy (non-hydrogen) atoms. The highest BCUT2D eigenvalue weighted by Gasteiger charge is 2.04. The van der Waals surface area contributed by atoms with Gasteiger partial charge in [-0.3, -0.25) is 0 Å². The number of aromatic carboxylic acids is 2. The number of benzene rings is 1. The largest absolute Gasteiger partial charge is 0.545 e. The van der Waals surface area contributed by atoms with Crippen molar-refractivity contribution in [2.75, 3.05) is 37.0 Å². The van der Waals surface area contributed by atoms with Gasteiger partial charge in [-0.25, -0.2) is 0 Å². The minimum Gasteiger partial charge on any atom is -0.545 e. The topological polar surface area (TPSA) is 80.3 Å². The Morgan fingerprint density at radius 3 is 1.00 bits per heavy atom. The Kier molecular flexibility index (Phi) is 18.3. The molecule has 0 bridgehead atoms. The molecule has 4 nitrogen and oxygen atoms in total. The Morgan fingerprint density at radius 2 is 0.885 bits per heavy atom. The minimum absolute atomic E-state index is 0.137. The summed E-state index contributed by atoms with van der Waals surface area (Å²) >= 11 is 0. The zero-order valence-electron chi connectivity index (χ0n) is 17.2. The van der Waals surface area contributed by atoms with Gasteiger partial charge in [0.15, 0.2) is 0 Å². The second-order valence-electron chi connectivity index (χ2n) is 5.74.